The summed E-state index contributed by atoms with van der Waals surface area (Å²) in [5.74, 6) is -0.591. The van der Waals surface area contributed by atoms with Crippen molar-refractivity contribution in [3.63, 3.8) is 0 Å². The lowest BCUT2D eigenvalue weighted by atomic mass is 10.1. The number of halogens is 4. The monoisotopic (exact) mass is 396 g/mol. The van der Waals surface area contributed by atoms with E-state index in [-0.39, 0.29) is 28.6 Å². The van der Waals surface area contributed by atoms with E-state index < -0.39 is 6.36 Å². The van der Waals surface area contributed by atoms with Crippen LogP contribution in [0.15, 0.2) is 66.7 Å². The number of rotatable bonds is 3. The lowest BCUT2D eigenvalue weighted by Gasteiger charge is -2.32. The summed E-state index contributed by atoms with van der Waals surface area (Å²) in [6, 6.07) is 18.6. The molecule has 0 fully saturated rings. The molecule has 1 unspecified atom stereocenters. The fourth-order valence-corrected chi connectivity index (χ4v) is 2.97. The van der Waals surface area contributed by atoms with Crippen molar-refractivity contribution in [2.24, 2.45) is 5.73 Å². The lowest BCUT2D eigenvalue weighted by molar-refractivity contribution is -0.274. The predicted octanol–water partition coefficient (Wildman–Crippen LogP) is 5.32. The van der Waals surface area contributed by atoms with Crippen LogP contribution in [0.5, 0.6) is 5.75 Å². The molecule has 3 N–H and O–H groups in total. The number of nitrogens with zero attached hydrogens (tertiary/aromatic N) is 1. The molecule has 0 aliphatic carbocycles. The maximum atomic E-state index is 12.6. The molecular formula is C19H18ClF3N3O+. The molecule has 0 aliphatic rings. The quantitative estimate of drug-likeness (QED) is 0.357. The van der Waals surface area contributed by atoms with Crippen LogP contribution in [-0.4, -0.2) is 19.4 Å². The third-order valence-electron chi connectivity index (χ3n) is 4.30. The summed E-state index contributed by atoms with van der Waals surface area (Å²) in [7, 11) is 1.66. The smallest absolute Gasteiger partial charge is 0.406 e. The van der Waals surface area contributed by atoms with Gasteiger partial charge in [-0.15, -0.1) is 25.6 Å². The SMILES string of the molecule is C[N+](C(=N)N)(c1cccc(OC(F)(F)F)c1)c1cccc2ccccc12.Cl. The standard InChI is InChI=1S/C19H17F3N3O.ClH/c1-25(18(23)24,14-8-5-9-15(12-14)26-19(20,21)22)17-11-4-7-13-6-2-3-10-16(13)17;/h2-12H,1H3,(H3,23,24);1H/q+1;. The Morgan fingerprint density at radius 2 is 1.63 bits per heavy atom. The molecule has 4 nitrogen and oxygen atoms in total. The van der Waals surface area contributed by atoms with Crippen LogP contribution >= 0.6 is 12.4 Å². The van der Waals surface area contributed by atoms with Gasteiger partial charge >= 0.3 is 12.3 Å². The summed E-state index contributed by atoms with van der Waals surface area (Å²) >= 11 is 0. The van der Waals surface area contributed by atoms with Crippen LogP contribution in [0.3, 0.4) is 0 Å². The molecule has 0 spiro atoms. The number of ether oxygens (including phenoxy) is 1. The predicted molar refractivity (Wildman–Crippen MR) is 104 cm³/mol. The van der Waals surface area contributed by atoms with Gasteiger partial charge in [0.25, 0.3) is 0 Å². The number of quaternary nitrogens is 1. The van der Waals surface area contributed by atoms with Gasteiger partial charge in [0, 0.05) is 23.6 Å². The number of alkyl halides is 3. The van der Waals surface area contributed by atoms with Gasteiger partial charge in [0.15, 0.2) is 5.69 Å². The van der Waals surface area contributed by atoms with E-state index in [1.807, 2.05) is 36.4 Å². The minimum Gasteiger partial charge on any atom is -0.406 e. The molecule has 0 aromatic heterocycles. The second kappa shape index (κ2) is 7.46. The zero-order valence-corrected chi connectivity index (χ0v) is 15.1. The van der Waals surface area contributed by atoms with Gasteiger partial charge in [-0.3, -0.25) is 0 Å². The van der Waals surface area contributed by atoms with Crippen LogP contribution in [0.25, 0.3) is 10.8 Å². The molecule has 3 rings (SSSR count). The number of hydrogen-bond acceptors (Lipinski definition) is 2. The van der Waals surface area contributed by atoms with Crippen molar-refractivity contribution in [1.82, 2.24) is 4.48 Å². The molecule has 3 aromatic carbocycles. The van der Waals surface area contributed by atoms with Gasteiger partial charge in [0.2, 0.25) is 0 Å². The highest BCUT2D eigenvalue weighted by Crippen LogP contribution is 2.39. The van der Waals surface area contributed by atoms with E-state index >= 15 is 0 Å². The second-order valence-electron chi connectivity index (χ2n) is 5.93. The van der Waals surface area contributed by atoms with Crippen molar-refractivity contribution in [2.75, 3.05) is 7.05 Å². The molecule has 8 heteroatoms. The molecule has 3 aromatic rings. The topological polar surface area (TPSA) is 59.1 Å². The number of nitrogens with two attached hydrogens (primary N) is 1. The summed E-state index contributed by atoms with van der Waals surface area (Å²) in [6.07, 6.45) is -4.79. The van der Waals surface area contributed by atoms with E-state index in [9.17, 15) is 13.2 Å². The van der Waals surface area contributed by atoms with Gasteiger partial charge in [-0.2, -0.15) is 4.48 Å². The Kier molecular flexibility index (Phi) is 5.67. The van der Waals surface area contributed by atoms with E-state index in [0.29, 0.717) is 11.4 Å². The Morgan fingerprint density at radius 1 is 1.00 bits per heavy atom. The fraction of sp³-hybridized carbons (Fsp3) is 0.105. The van der Waals surface area contributed by atoms with Crippen molar-refractivity contribution >= 4 is 40.5 Å². The molecule has 0 aliphatic heterocycles. The third-order valence-corrected chi connectivity index (χ3v) is 4.30. The molecule has 0 radical (unpaired) electrons. The van der Waals surface area contributed by atoms with Crippen LogP contribution in [-0.2, 0) is 0 Å². The van der Waals surface area contributed by atoms with Gasteiger partial charge in [-0.25, -0.2) is 5.41 Å². The second-order valence-corrected chi connectivity index (χ2v) is 5.93. The molecule has 1 atom stereocenters. The first kappa shape index (κ1) is 20.5. The Bertz CT molecular complexity index is 972. The zero-order valence-electron chi connectivity index (χ0n) is 14.3. The first-order chi connectivity index (χ1) is 12.2. The average Bonchev–Trinajstić information content (AvgIpc) is 2.59. The summed E-state index contributed by atoms with van der Waals surface area (Å²) < 4.78 is 41.4. The first-order valence-electron chi connectivity index (χ1n) is 7.77. The molecule has 0 saturated heterocycles. The number of fused-ring (bicyclic) bond motifs is 1. The van der Waals surface area contributed by atoms with Gasteiger partial charge in [-0.05, 0) is 17.5 Å². The molecule has 0 amide bonds. The van der Waals surface area contributed by atoms with Crippen LogP contribution < -0.4 is 15.0 Å². The normalized spacial score (nSPS) is 13.5. The Hall–Kier alpha value is -2.77. The Morgan fingerprint density at radius 3 is 2.30 bits per heavy atom. The lowest BCUT2D eigenvalue weighted by Crippen LogP contribution is -2.50. The third kappa shape index (κ3) is 3.99. The van der Waals surface area contributed by atoms with Crippen LogP contribution in [0.4, 0.5) is 24.5 Å². The minimum absolute atomic E-state index is 0. The van der Waals surface area contributed by atoms with E-state index in [1.54, 1.807) is 19.2 Å². The van der Waals surface area contributed by atoms with Crippen LogP contribution in [0, 0.1) is 5.41 Å². The highest BCUT2D eigenvalue weighted by molar-refractivity contribution is 6.03. The van der Waals surface area contributed by atoms with Gasteiger partial charge in [-0.1, -0.05) is 36.4 Å². The number of nitrogens with one attached hydrogen (secondary N) is 1. The summed E-state index contributed by atoms with van der Waals surface area (Å²) in [5, 5.41) is 9.94. The molecule has 142 valence electrons. The van der Waals surface area contributed by atoms with Crippen molar-refractivity contribution in [2.45, 2.75) is 6.36 Å². The fourth-order valence-electron chi connectivity index (χ4n) is 2.97. The van der Waals surface area contributed by atoms with Gasteiger partial charge < -0.3 is 10.5 Å². The van der Waals surface area contributed by atoms with Crippen molar-refractivity contribution in [1.29, 1.82) is 5.41 Å². The van der Waals surface area contributed by atoms with E-state index in [2.05, 4.69) is 4.74 Å². The van der Waals surface area contributed by atoms with Crippen molar-refractivity contribution in [3.05, 3.63) is 66.7 Å². The van der Waals surface area contributed by atoms with Crippen molar-refractivity contribution in [3.8, 4) is 5.75 Å². The van der Waals surface area contributed by atoms with E-state index in [0.717, 1.165) is 10.8 Å². The molecule has 0 saturated carbocycles. The van der Waals surface area contributed by atoms with Crippen molar-refractivity contribution < 1.29 is 17.9 Å². The number of hydrogen-bond donors (Lipinski definition) is 2. The van der Waals surface area contributed by atoms with Gasteiger partial charge in [0.05, 0.1) is 7.05 Å². The summed E-state index contributed by atoms with van der Waals surface area (Å²) in [5.41, 5.74) is 6.96. The van der Waals surface area contributed by atoms with E-state index in [1.165, 1.54) is 18.2 Å². The largest absolute Gasteiger partial charge is 0.573 e. The number of guanidine groups is 1. The highest BCUT2D eigenvalue weighted by atomic mass is 35.5. The maximum Gasteiger partial charge on any atom is 0.573 e. The van der Waals surface area contributed by atoms with E-state index in [4.69, 9.17) is 11.1 Å². The Labute approximate surface area is 160 Å². The molecular weight excluding hydrogens is 379 g/mol. The summed E-state index contributed by atoms with van der Waals surface area (Å²) in [4.78, 5) is 0. The molecule has 0 heterocycles. The van der Waals surface area contributed by atoms with Crippen LogP contribution in [0.1, 0.15) is 0 Å². The first-order valence-corrected chi connectivity index (χ1v) is 7.77. The zero-order chi connectivity index (χ0) is 18.9. The maximum absolute atomic E-state index is 12.6. The Balaban J connectivity index is 0.00000261. The molecule has 27 heavy (non-hydrogen) atoms. The average molecular weight is 397 g/mol. The highest BCUT2D eigenvalue weighted by Gasteiger charge is 2.36. The molecule has 0 bridgehead atoms. The van der Waals surface area contributed by atoms with Crippen LogP contribution in [0.2, 0.25) is 0 Å². The van der Waals surface area contributed by atoms with Gasteiger partial charge in [0.1, 0.15) is 11.4 Å². The summed E-state index contributed by atoms with van der Waals surface area (Å²) in [6.45, 7) is 0. The minimum atomic E-state index is -4.79. The number of benzene rings is 3.